The smallest absolute Gasteiger partial charge is 0.174 e. The topological polar surface area (TPSA) is 46.0 Å². The van der Waals surface area contributed by atoms with Crippen molar-refractivity contribution >= 4 is 23.0 Å². The van der Waals surface area contributed by atoms with Crippen LogP contribution in [0.2, 0.25) is 0 Å². The van der Waals surface area contributed by atoms with Gasteiger partial charge in [-0.3, -0.25) is 9.97 Å². The summed E-state index contributed by atoms with van der Waals surface area (Å²) in [5, 5.41) is 3.82. The van der Waals surface area contributed by atoms with E-state index in [1.54, 1.807) is 30.7 Å². The summed E-state index contributed by atoms with van der Waals surface area (Å²) in [5.74, 6) is -0.326. The van der Waals surface area contributed by atoms with Crippen LogP contribution in [-0.4, -0.2) is 19.6 Å². The van der Waals surface area contributed by atoms with E-state index in [9.17, 15) is 4.39 Å². The van der Waals surface area contributed by atoms with E-state index in [-0.39, 0.29) is 17.9 Å². The Hall–Kier alpha value is -3.58. The lowest BCUT2D eigenvalue weighted by Gasteiger charge is -2.29. The number of para-hydroxylation sites is 1. The van der Waals surface area contributed by atoms with Crippen LogP contribution in [-0.2, 0) is 0 Å². The summed E-state index contributed by atoms with van der Waals surface area (Å²) in [6.07, 6.45) is 7.26. The lowest BCUT2D eigenvalue weighted by atomic mass is 10.0. The largest absolute Gasteiger partial charge is 0.351 e. The fourth-order valence-electron chi connectivity index (χ4n) is 3.93. The zero-order chi connectivity index (χ0) is 20.5. The van der Waals surface area contributed by atoms with Gasteiger partial charge in [0.1, 0.15) is 11.9 Å². The zero-order valence-corrected chi connectivity index (χ0v) is 16.7. The van der Waals surface area contributed by atoms with Gasteiger partial charge in [0.15, 0.2) is 5.11 Å². The van der Waals surface area contributed by atoms with Crippen LogP contribution in [0, 0.1) is 5.82 Å². The van der Waals surface area contributed by atoms with Crippen molar-refractivity contribution < 1.29 is 4.39 Å². The molecule has 1 aromatic carbocycles. The zero-order valence-electron chi connectivity index (χ0n) is 15.9. The van der Waals surface area contributed by atoms with E-state index in [1.165, 1.54) is 6.07 Å². The van der Waals surface area contributed by atoms with E-state index >= 15 is 0 Å². The van der Waals surface area contributed by atoms with Gasteiger partial charge < -0.3 is 14.8 Å². The molecule has 7 heteroatoms. The van der Waals surface area contributed by atoms with Gasteiger partial charge in [0, 0.05) is 24.3 Å². The molecule has 5 nitrogen and oxygen atoms in total. The number of hydrogen-bond donors (Lipinski definition) is 1. The maximum atomic E-state index is 14.8. The predicted molar refractivity (Wildman–Crippen MR) is 118 cm³/mol. The number of aromatic nitrogens is 3. The standard InChI is InChI=1S/C23H18FN5S/c24-17-8-1-2-10-19(17)29-22(21(27-23(29)30)18-9-3-4-13-26-18)20-11-6-14-28(20)16-7-5-12-25-15-16/h1-15,21-22H,(H,27,30)/t21-,22+/m1/s1. The second kappa shape index (κ2) is 7.68. The highest BCUT2D eigenvalue weighted by atomic mass is 32.1. The number of nitrogens with zero attached hydrogens (tertiary/aromatic N) is 4. The molecule has 0 radical (unpaired) electrons. The minimum atomic E-state index is -0.326. The minimum absolute atomic E-state index is 0.247. The molecule has 3 aromatic heterocycles. The summed E-state index contributed by atoms with van der Waals surface area (Å²) in [6, 6.07) is 19.8. The van der Waals surface area contributed by atoms with E-state index < -0.39 is 0 Å². The normalized spacial score (nSPS) is 18.4. The Labute approximate surface area is 178 Å². The summed E-state index contributed by atoms with van der Waals surface area (Å²) in [6.45, 7) is 0. The first-order valence-electron chi connectivity index (χ1n) is 9.57. The van der Waals surface area contributed by atoms with Crippen molar-refractivity contribution in [2.24, 2.45) is 0 Å². The van der Waals surface area contributed by atoms with Crippen LogP contribution < -0.4 is 10.2 Å². The van der Waals surface area contributed by atoms with Crippen LogP contribution in [0.5, 0.6) is 0 Å². The lowest BCUT2D eigenvalue weighted by Crippen LogP contribution is -2.31. The Balaban J connectivity index is 1.69. The van der Waals surface area contributed by atoms with Crippen LogP contribution in [0.4, 0.5) is 10.1 Å². The Morgan fingerprint density at radius 1 is 0.933 bits per heavy atom. The molecule has 0 saturated carbocycles. The summed E-state index contributed by atoms with van der Waals surface area (Å²) < 4.78 is 16.9. The van der Waals surface area contributed by atoms with Crippen LogP contribution in [0.15, 0.2) is 91.5 Å². The maximum Gasteiger partial charge on any atom is 0.174 e. The number of benzene rings is 1. The van der Waals surface area contributed by atoms with Gasteiger partial charge in [-0.1, -0.05) is 18.2 Å². The second-order valence-corrected chi connectivity index (χ2v) is 7.35. The third-order valence-electron chi connectivity index (χ3n) is 5.22. The van der Waals surface area contributed by atoms with Crippen LogP contribution in [0.3, 0.4) is 0 Å². The first-order valence-corrected chi connectivity index (χ1v) is 9.98. The molecule has 2 atom stereocenters. The maximum absolute atomic E-state index is 14.8. The third kappa shape index (κ3) is 3.13. The number of rotatable bonds is 4. The molecule has 4 heterocycles. The van der Waals surface area contributed by atoms with Gasteiger partial charge in [-0.2, -0.15) is 0 Å². The fourth-order valence-corrected chi connectivity index (χ4v) is 4.27. The molecule has 0 spiro atoms. The molecular formula is C23H18FN5S. The molecule has 148 valence electrons. The Kier molecular flexibility index (Phi) is 4.72. The predicted octanol–water partition coefficient (Wildman–Crippen LogP) is 4.58. The Bertz CT molecular complexity index is 1180. The Morgan fingerprint density at radius 2 is 1.80 bits per heavy atom. The van der Waals surface area contributed by atoms with E-state index in [0.29, 0.717) is 10.8 Å². The quantitative estimate of drug-likeness (QED) is 0.494. The highest BCUT2D eigenvalue weighted by molar-refractivity contribution is 7.80. The number of nitrogens with one attached hydrogen (secondary N) is 1. The van der Waals surface area contributed by atoms with Gasteiger partial charge >= 0.3 is 0 Å². The molecule has 0 bridgehead atoms. The van der Waals surface area contributed by atoms with Gasteiger partial charge in [0.2, 0.25) is 0 Å². The van der Waals surface area contributed by atoms with E-state index in [0.717, 1.165) is 17.1 Å². The van der Waals surface area contributed by atoms with Crippen molar-refractivity contribution in [3.8, 4) is 5.69 Å². The van der Waals surface area contributed by atoms with Crippen molar-refractivity contribution in [3.63, 3.8) is 0 Å². The third-order valence-corrected chi connectivity index (χ3v) is 5.53. The lowest BCUT2D eigenvalue weighted by molar-refractivity contribution is 0.542. The SMILES string of the molecule is Fc1ccccc1N1C(=S)N[C@H](c2ccccn2)[C@@H]1c1cccn1-c1cccnc1. The molecule has 1 fully saturated rings. The number of thiocarbonyl (C=S) groups is 1. The van der Waals surface area contributed by atoms with E-state index in [1.807, 2.05) is 59.6 Å². The van der Waals surface area contributed by atoms with Gasteiger partial charge in [0.05, 0.1) is 29.3 Å². The molecule has 1 N–H and O–H groups in total. The van der Waals surface area contributed by atoms with E-state index in [4.69, 9.17) is 12.2 Å². The highest BCUT2D eigenvalue weighted by Gasteiger charge is 2.42. The van der Waals surface area contributed by atoms with Gasteiger partial charge in [0.25, 0.3) is 0 Å². The first kappa shape index (κ1) is 18.4. The molecule has 0 unspecified atom stereocenters. The monoisotopic (exact) mass is 415 g/mol. The van der Waals surface area contributed by atoms with Crippen LogP contribution in [0.1, 0.15) is 23.5 Å². The van der Waals surface area contributed by atoms with Crippen molar-refractivity contribution in [1.29, 1.82) is 0 Å². The molecule has 30 heavy (non-hydrogen) atoms. The molecular weight excluding hydrogens is 397 g/mol. The van der Waals surface area contributed by atoms with Crippen molar-refractivity contribution in [2.45, 2.75) is 12.1 Å². The molecule has 1 aliphatic heterocycles. The van der Waals surface area contributed by atoms with Crippen molar-refractivity contribution in [2.75, 3.05) is 4.90 Å². The van der Waals surface area contributed by atoms with E-state index in [2.05, 4.69) is 19.9 Å². The van der Waals surface area contributed by atoms with Gasteiger partial charge in [-0.25, -0.2) is 4.39 Å². The molecule has 4 aromatic rings. The second-order valence-electron chi connectivity index (χ2n) is 6.96. The molecule has 5 rings (SSSR count). The summed E-state index contributed by atoms with van der Waals surface area (Å²) in [5.41, 5.74) is 3.14. The molecule has 1 aliphatic rings. The number of pyridine rings is 2. The van der Waals surface area contributed by atoms with Gasteiger partial charge in [-0.15, -0.1) is 0 Å². The molecule has 0 amide bonds. The van der Waals surface area contributed by atoms with Crippen molar-refractivity contribution in [3.05, 3.63) is 109 Å². The van der Waals surface area contributed by atoms with Crippen LogP contribution in [0.25, 0.3) is 5.69 Å². The Morgan fingerprint density at radius 3 is 2.57 bits per heavy atom. The van der Waals surface area contributed by atoms with Crippen LogP contribution >= 0.6 is 12.2 Å². The van der Waals surface area contributed by atoms with Gasteiger partial charge in [-0.05, 0) is 60.7 Å². The fraction of sp³-hybridized carbons (Fsp3) is 0.0870. The summed E-state index contributed by atoms with van der Waals surface area (Å²) in [7, 11) is 0. The summed E-state index contributed by atoms with van der Waals surface area (Å²) >= 11 is 5.67. The average Bonchev–Trinajstić information content (AvgIpc) is 3.40. The first-order chi connectivity index (χ1) is 14.7. The van der Waals surface area contributed by atoms with Crippen molar-refractivity contribution in [1.82, 2.24) is 19.9 Å². The molecule has 1 saturated heterocycles. The number of hydrogen-bond acceptors (Lipinski definition) is 3. The number of halogens is 1. The summed E-state index contributed by atoms with van der Waals surface area (Å²) in [4.78, 5) is 10.6. The average molecular weight is 415 g/mol. The molecule has 0 aliphatic carbocycles. The highest BCUT2D eigenvalue weighted by Crippen LogP contribution is 2.42. The minimum Gasteiger partial charge on any atom is -0.351 e. The number of anilines is 1.